The Morgan fingerprint density at radius 3 is 1.48 bits per heavy atom. The lowest BCUT2D eigenvalue weighted by Crippen LogP contribution is -2.61. The van der Waals surface area contributed by atoms with Gasteiger partial charge in [0.1, 0.15) is 22.5 Å². The number of rotatable bonds is 3. The number of anilines is 6. The third-order valence-corrected chi connectivity index (χ3v) is 15.5. The van der Waals surface area contributed by atoms with Crippen molar-refractivity contribution in [1.29, 1.82) is 0 Å². The van der Waals surface area contributed by atoms with Crippen molar-refractivity contribution < 1.29 is 8.83 Å². The van der Waals surface area contributed by atoms with E-state index in [0.717, 1.165) is 73.8 Å². The van der Waals surface area contributed by atoms with Gasteiger partial charge in [0.15, 0.2) is 0 Å². The zero-order valence-electron chi connectivity index (χ0n) is 35.0. The summed E-state index contributed by atoms with van der Waals surface area (Å²) in [4.78, 5) is 5.12. The second-order valence-electron chi connectivity index (χ2n) is 20.8. The first kappa shape index (κ1) is 34.8. The van der Waals surface area contributed by atoms with Crippen molar-refractivity contribution in [3.63, 3.8) is 0 Å². The van der Waals surface area contributed by atoms with Gasteiger partial charge in [0.25, 0.3) is 0 Å². The summed E-state index contributed by atoms with van der Waals surface area (Å²) in [5.74, 6) is 3.10. The van der Waals surface area contributed by atoms with Gasteiger partial charge in [0, 0.05) is 33.5 Å². The lowest BCUT2D eigenvalue weighted by atomic mass is 9.37. The maximum absolute atomic E-state index is 7.14. The number of nitrogens with zero attached hydrogens (tertiary/aromatic N) is 2. The fourth-order valence-electron chi connectivity index (χ4n) is 12.7. The van der Waals surface area contributed by atoms with E-state index in [9.17, 15) is 0 Å². The van der Waals surface area contributed by atoms with E-state index < -0.39 is 0 Å². The SMILES string of the molecule is C[C@@H]1C2CC3CC(C2)CC1(c1cc2c4c(c1)N(c1ccc(C(C)(C)C)cc1)c1c(oc5ccccc15)B4c1oc4ccccc4c1N2c1ccc(C(C)(C)C)cc1)C3. The van der Waals surface area contributed by atoms with E-state index in [1.165, 1.54) is 65.6 Å². The highest BCUT2D eigenvalue weighted by atomic mass is 16.3. The summed E-state index contributed by atoms with van der Waals surface area (Å²) in [5, 5.41) is 2.27. The van der Waals surface area contributed by atoms with Crippen molar-refractivity contribution in [3.8, 4) is 0 Å². The molecule has 4 nitrogen and oxygen atoms in total. The molecule has 4 aliphatic carbocycles. The van der Waals surface area contributed by atoms with Gasteiger partial charge in [0.2, 0.25) is 0 Å². The summed E-state index contributed by atoms with van der Waals surface area (Å²) in [6.45, 7) is 16.2. The fourth-order valence-corrected chi connectivity index (χ4v) is 12.7. The van der Waals surface area contributed by atoms with Crippen LogP contribution in [0.15, 0.2) is 118 Å². The number of fused-ring (bicyclic) bond motifs is 8. The molecule has 2 unspecified atom stereocenters. The zero-order chi connectivity index (χ0) is 39.5. The molecule has 0 radical (unpaired) electrons. The molecule has 4 bridgehead atoms. The Balaban J connectivity index is 1.20. The van der Waals surface area contributed by atoms with Crippen molar-refractivity contribution >= 4 is 79.6 Å². The lowest BCUT2D eigenvalue weighted by Gasteiger charge is -2.61. The molecule has 5 aromatic carbocycles. The quantitative estimate of drug-likeness (QED) is 0.168. The molecule has 0 N–H and O–H groups in total. The fraction of sp³-hybridized carbons (Fsp3) is 0.358. The number of furan rings is 2. The predicted octanol–water partition coefficient (Wildman–Crippen LogP) is 12.6. The minimum atomic E-state index is -0.215. The second-order valence-corrected chi connectivity index (χ2v) is 20.8. The average molecular weight is 761 g/mol. The van der Waals surface area contributed by atoms with Crippen LogP contribution < -0.4 is 26.6 Å². The highest BCUT2D eigenvalue weighted by Gasteiger charge is 2.57. The maximum atomic E-state index is 7.14. The number of hydrogen-bond acceptors (Lipinski definition) is 4. The van der Waals surface area contributed by atoms with Gasteiger partial charge in [0.05, 0.1) is 11.4 Å². The molecule has 7 aromatic rings. The van der Waals surface area contributed by atoms with Crippen molar-refractivity contribution in [2.45, 2.75) is 96.8 Å². The number of hydrogen-bond donors (Lipinski definition) is 0. The molecule has 13 rings (SSSR count). The Kier molecular flexibility index (Phi) is 7.05. The van der Waals surface area contributed by atoms with Crippen molar-refractivity contribution in [3.05, 3.63) is 126 Å². The van der Waals surface area contributed by atoms with Crippen molar-refractivity contribution in [1.82, 2.24) is 0 Å². The van der Waals surface area contributed by atoms with E-state index in [4.69, 9.17) is 8.83 Å². The molecule has 0 amide bonds. The van der Waals surface area contributed by atoms with Crippen LogP contribution in [0.25, 0.3) is 21.9 Å². The molecule has 290 valence electrons. The van der Waals surface area contributed by atoms with Crippen LogP contribution >= 0.6 is 0 Å². The minimum Gasteiger partial charge on any atom is -0.468 e. The topological polar surface area (TPSA) is 32.8 Å². The maximum Gasteiger partial charge on any atom is 0.342 e. The van der Waals surface area contributed by atoms with Gasteiger partial charge in [-0.3, -0.25) is 0 Å². The van der Waals surface area contributed by atoms with Crippen LogP contribution in [0.5, 0.6) is 0 Å². The molecule has 6 aliphatic rings. The molecule has 3 atom stereocenters. The normalized spacial score (nSPS) is 24.4. The third kappa shape index (κ3) is 4.76. The summed E-state index contributed by atoms with van der Waals surface area (Å²) in [6.07, 6.45) is 6.82. The standard InChI is InChI=1S/C53H53BN2O2/c1-31-34-25-32-24-33(26-34)30-53(31,29-32)37-27-42-46-43(28-37)56(39-22-18-36(19-23-39)52(5,6)7)48-41-13-9-11-15-45(41)58-50(48)54(46)49-47(40-12-8-10-14-44(40)57-49)55(42)38-20-16-35(17-21-38)51(2,3)4/h8-23,27-28,31-34H,24-26,29-30H2,1-7H3/t31-,32?,33?,34?,53?/m1/s1. The Morgan fingerprint density at radius 2 is 1.03 bits per heavy atom. The van der Waals surface area contributed by atoms with E-state index in [1.807, 2.05) is 0 Å². The predicted molar refractivity (Wildman–Crippen MR) is 242 cm³/mol. The molecule has 5 heteroatoms. The Bertz CT molecular complexity index is 2620. The largest absolute Gasteiger partial charge is 0.468 e. The van der Waals surface area contributed by atoms with Gasteiger partial charge in [-0.05, 0) is 155 Å². The monoisotopic (exact) mass is 760 g/mol. The first-order chi connectivity index (χ1) is 27.9. The lowest BCUT2D eigenvalue weighted by molar-refractivity contribution is -0.0537. The van der Waals surface area contributed by atoms with Crippen LogP contribution in [-0.4, -0.2) is 6.71 Å². The number of para-hydroxylation sites is 2. The van der Waals surface area contributed by atoms with Gasteiger partial charge in [-0.1, -0.05) is 97.0 Å². The van der Waals surface area contributed by atoms with Gasteiger partial charge < -0.3 is 18.6 Å². The molecular weight excluding hydrogens is 707 g/mol. The summed E-state index contributed by atoms with van der Waals surface area (Å²) >= 11 is 0. The summed E-state index contributed by atoms with van der Waals surface area (Å²) in [5.41, 5.74) is 16.5. The van der Waals surface area contributed by atoms with Gasteiger partial charge >= 0.3 is 6.71 Å². The van der Waals surface area contributed by atoms with Gasteiger partial charge in [-0.2, -0.15) is 0 Å². The first-order valence-electron chi connectivity index (χ1n) is 21.9. The molecule has 58 heavy (non-hydrogen) atoms. The van der Waals surface area contributed by atoms with E-state index in [2.05, 4.69) is 167 Å². The van der Waals surface area contributed by atoms with E-state index in [-0.39, 0.29) is 23.0 Å². The molecule has 2 aliphatic heterocycles. The molecule has 0 saturated heterocycles. The van der Waals surface area contributed by atoms with Crippen LogP contribution in [0.3, 0.4) is 0 Å². The summed E-state index contributed by atoms with van der Waals surface area (Å²) in [6, 6.07) is 41.3. The van der Waals surface area contributed by atoms with Crippen LogP contribution in [0, 0.1) is 23.7 Å². The van der Waals surface area contributed by atoms with Crippen molar-refractivity contribution in [2.24, 2.45) is 23.7 Å². The molecule has 2 aromatic heterocycles. The van der Waals surface area contributed by atoms with Crippen LogP contribution in [-0.2, 0) is 16.2 Å². The zero-order valence-corrected chi connectivity index (χ0v) is 35.0. The Hall–Kier alpha value is -5.16. The van der Waals surface area contributed by atoms with Crippen molar-refractivity contribution in [2.75, 3.05) is 9.80 Å². The highest BCUT2D eigenvalue weighted by molar-refractivity contribution is 6.99. The highest BCUT2D eigenvalue weighted by Crippen LogP contribution is 2.64. The molecule has 4 saturated carbocycles. The molecule has 0 spiro atoms. The first-order valence-corrected chi connectivity index (χ1v) is 21.9. The number of benzene rings is 5. The van der Waals surface area contributed by atoms with Crippen LogP contribution in [0.1, 0.15) is 97.3 Å². The average Bonchev–Trinajstić information content (AvgIpc) is 3.78. The smallest absolute Gasteiger partial charge is 0.342 e. The van der Waals surface area contributed by atoms with Crippen LogP contribution in [0.2, 0.25) is 0 Å². The van der Waals surface area contributed by atoms with E-state index >= 15 is 0 Å². The summed E-state index contributed by atoms with van der Waals surface area (Å²) in [7, 11) is 0. The Labute approximate surface area is 343 Å². The minimum absolute atomic E-state index is 0.0491. The molecule has 4 fully saturated rings. The Morgan fingerprint density at radius 1 is 0.586 bits per heavy atom. The second kappa shape index (κ2) is 11.7. The van der Waals surface area contributed by atoms with E-state index in [0.29, 0.717) is 5.92 Å². The summed E-state index contributed by atoms with van der Waals surface area (Å²) < 4.78 is 14.3. The van der Waals surface area contributed by atoms with Crippen LogP contribution in [0.4, 0.5) is 34.1 Å². The van der Waals surface area contributed by atoms with Gasteiger partial charge in [-0.25, -0.2) is 0 Å². The molecule has 4 heterocycles. The molecular formula is C53H53BN2O2. The van der Waals surface area contributed by atoms with E-state index in [1.54, 1.807) is 0 Å². The third-order valence-electron chi connectivity index (χ3n) is 15.5. The van der Waals surface area contributed by atoms with Gasteiger partial charge in [-0.15, -0.1) is 0 Å².